The Balaban J connectivity index is 1.10. The maximum Gasteiger partial charge on any atom is 0.243 e. The zero-order chi connectivity index (χ0) is 31.4. The smallest absolute Gasteiger partial charge is 0.243 e. The van der Waals surface area contributed by atoms with E-state index in [4.69, 9.17) is 9.47 Å². The van der Waals surface area contributed by atoms with E-state index >= 15 is 0 Å². The number of aryl methyl sites for hydroxylation is 1. The Hall–Kier alpha value is -2.85. The zero-order valence-electron chi connectivity index (χ0n) is 25.1. The van der Waals surface area contributed by atoms with Crippen molar-refractivity contribution < 1.29 is 31.4 Å². The van der Waals surface area contributed by atoms with Crippen molar-refractivity contribution >= 4 is 20.0 Å². The first-order valence-corrected chi connectivity index (χ1v) is 17.8. The summed E-state index contributed by atoms with van der Waals surface area (Å²) in [6.07, 6.45) is 5.74. The molecule has 14 heteroatoms. The Bertz CT molecular complexity index is 1640. The van der Waals surface area contributed by atoms with Crippen LogP contribution < -0.4 is 14.8 Å². The minimum atomic E-state index is -3.67. The number of sulfonamides is 2. The second kappa shape index (κ2) is 13.6. The summed E-state index contributed by atoms with van der Waals surface area (Å²) in [6.45, 7) is 4.36. The van der Waals surface area contributed by atoms with Gasteiger partial charge in [-0.15, -0.1) is 0 Å². The van der Waals surface area contributed by atoms with Crippen molar-refractivity contribution in [1.82, 2.24) is 24.1 Å². The molecule has 5 rings (SSSR count). The van der Waals surface area contributed by atoms with Crippen LogP contribution in [0.5, 0.6) is 5.75 Å². The van der Waals surface area contributed by atoms with Gasteiger partial charge in [0.05, 0.1) is 28.2 Å². The number of aliphatic hydroxyl groups is 1. The van der Waals surface area contributed by atoms with Crippen LogP contribution in [0.2, 0.25) is 0 Å². The van der Waals surface area contributed by atoms with E-state index in [-0.39, 0.29) is 29.0 Å². The van der Waals surface area contributed by atoms with Gasteiger partial charge in [-0.3, -0.25) is 4.68 Å². The van der Waals surface area contributed by atoms with Crippen LogP contribution in [0.25, 0.3) is 11.1 Å². The fourth-order valence-electron chi connectivity index (χ4n) is 5.71. The van der Waals surface area contributed by atoms with Crippen molar-refractivity contribution in [1.29, 1.82) is 0 Å². The topological polar surface area (TPSA) is 152 Å². The third-order valence-corrected chi connectivity index (χ3v) is 11.5. The summed E-state index contributed by atoms with van der Waals surface area (Å²) < 4.78 is 68.6. The van der Waals surface area contributed by atoms with Gasteiger partial charge in [0.25, 0.3) is 0 Å². The molecule has 3 heterocycles. The van der Waals surface area contributed by atoms with E-state index in [9.17, 15) is 21.9 Å². The van der Waals surface area contributed by atoms with Crippen molar-refractivity contribution in [2.24, 2.45) is 0 Å². The lowest BCUT2D eigenvalue weighted by Gasteiger charge is -2.38. The third kappa shape index (κ3) is 7.50. The predicted octanol–water partition coefficient (Wildman–Crippen LogP) is 2.21. The fraction of sp³-hybridized carbons (Fsp3) is 0.500. The van der Waals surface area contributed by atoms with Crippen LogP contribution in [-0.2, 0) is 31.3 Å². The van der Waals surface area contributed by atoms with E-state index in [1.165, 1.54) is 19.2 Å². The lowest BCUT2D eigenvalue weighted by molar-refractivity contribution is -0.0312. The van der Waals surface area contributed by atoms with Gasteiger partial charge in [0.1, 0.15) is 18.5 Å². The SMILES string of the molecule is CCCn1cc(-c2cccc(S(=O)(=O)N3CCC4(CC3)CC(NC[C@H](O)COc3cccc(S(=O)(=O)NC)c3)CO4)c2)cn1. The quantitative estimate of drug-likeness (QED) is 0.254. The van der Waals surface area contributed by atoms with Gasteiger partial charge in [0.15, 0.2) is 0 Å². The van der Waals surface area contributed by atoms with Crippen molar-refractivity contribution in [2.75, 3.05) is 39.9 Å². The molecule has 3 N–H and O–H groups in total. The molecular formula is C30H41N5O7S2. The highest BCUT2D eigenvalue weighted by atomic mass is 32.2. The van der Waals surface area contributed by atoms with Crippen molar-refractivity contribution in [3.8, 4) is 16.9 Å². The van der Waals surface area contributed by atoms with Gasteiger partial charge in [0, 0.05) is 50.0 Å². The molecule has 0 bridgehead atoms. The summed E-state index contributed by atoms with van der Waals surface area (Å²) in [7, 11) is -5.92. The molecule has 0 radical (unpaired) electrons. The van der Waals surface area contributed by atoms with E-state index in [0.29, 0.717) is 38.3 Å². The van der Waals surface area contributed by atoms with E-state index in [1.54, 1.807) is 40.8 Å². The van der Waals surface area contributed by atoms with Crippen LogP contribution in [0.4, 0.5) is 0 Å². The van der Waals surface area contributed by atoms with Gasteiger partial charge >= 0.3 is 0 Å². The predicted molar refractivity (Wildman–Crippen MR) is 165 cm³/mol. The van der Waals surface area contributed by atoms with Crippen LogP contribution >= 0.6 is 0 Å². The van der Waals surface area contributed by atoms with E-state index in [0.717, 1.165) is 30.5 Å². The molecular weight excluding hydrogens is 606 g/mol. The van der Waals surface area contributed by atoms with Crippen LogP contribution in [0, 0.1) is 0 Å². The number of rotatable bonds is 13. The highest BCUT2D eigenvalue weighted by molar-refractivity contribution is 7.89. The summed E-state index contributed by atoms with van der Waals surface area (Å²) in [5.41, 5.74) is 1.30. The van der Waals surface area contributed by atoms with Crippen LogP contribution in [0.15, 0.2) is 70.7 Å². The summed E-state index contributed by atoms with van der Waals surface area (Å²) in [6, 6.07) is 13.1. The average Bonchev–Trinajstić information content (AvgIpc) is 3.67. The van der Waals surface area contributed by atoms with Gasteiger partial charge in [-0.2, -0.15) is 9.40 Å². The second-order valence-corrected chi connectivity index (χ2v) is 15.2. The summed E-state index contributed by atoms with van der Waals surface area (Å²) in [4.78, 5) is 0.356. The number of aromatic nitrogens is 2. The monoisotopic (exact) mass is 647 g/mol. The van der Waals surface area contributed by atoms with Crippen molar-refractivity contribution in [3.63, 3.8) is 0 Å². The largest absolute Gasteiger partial charge is 0.491 e. The van der Waals surface area contributed by atoms with E-state index in [2.05, 4.69) is 22.1 Å². The molecule has 2 fully saturated rings. The Morgan fingerprint density at radius 2 is 1.84 bits per heavy atom. The molecule has 0 saturated carbocycles. The zero-order valence-corrected chi connectivity index (χ0v) is 26.7. The number of nitrogens with one attached hydrogen (secondary N) is 2. The van der Waals surface area contributed by atoms with Gasteiger partial charge in [0.2, 0.25) is 20.0 Å². The molecule has 2 aromatic carbocycles. The first kappa shape index (κ1) is 32.5. The highest BCUT2D eigenvalue weighted by Gasteiger charge is 2.44. The molecule has 0 amide bonds. The number of aliphatic hydroxyl groups excluding tert-OH is 1. The van der Waals surface area contributed by atoms with Crippen LogP contribution in [0.3, 0.4) is 0 Å². The highest BCUT2D eigenvalue weighted by Crippen LogP contribution is 2.37. The molecule has 1 spiro atoms. The van der Waals surface area contributed by atoms with Crippen LogP contribution in [0.1, 0.15) is 32.6 Å². The van der Waals surface area contributed by atoms with Gasteiger partial charge in [-0.1, -0.05) is 25.1 Å². The molecule has 240 valence electrons. The Labute approximate surface area is 259 Å². The summed E-state index contributed by atoms with van der Waals surface area (Å²) >= 11 is 0. The minimum absolute atomic E-state index is 0.0100. The molecule has 44 heavy (non-hydrogen) atoms. The number of hydrogen-bond donors (Lipinski definition) is 3. The molecule has 1 unspecified atom stereocenters. The van der Waals surface area contributed by atoms with Crippen molar-refractivity contribution in [2.45, 2.75) is 66.7 Å². The average molecular weight is 648 g/mol. The molecule has 2 saturated heterocycles. The molecule has 0 aliphatic carbocycles. The number of hydrogen-bond acceptors (Lipinski definition) is 9. The molecule has 2 aliphatic heterocycles. The van der Waals surface area contributed by atoms with Crippen LogP contribution in [-0.4, -0.2) is 93.7 Å². The van der Waals surface area contributed by atoms with Gasteiger partial charge in [-0.05, 0) is 62.6 Å². The second-order valence-electron chi connectivity index (χ2n) is 11.4. The van der Waals surface area contributed by atoms with E-state index < -0.39 is 31.8 Å². The molecule has 12 nitrogen and oxygen atoms in total. The maximum atomic E-state index is 13.6. The summed E-state index contributed by atoms with van der Waals surface area (Å²) in [5, 5.41) is 18.2. The number of nitrogens with zero attached hydrogens (tertiary/aromatic N) is 3. The molecule has 2 atom stereocenters. The summed E-state index contributed by atoms with van der Waals surface area (Å²) in [5.74, 6) is 0.347. The lowest BCUT2D eigenvalue weighted by Crippen LogP contribution is -2.47. The molecule has 2 aliphatic rings. The number of piperidine rings is 1. The van der Waals surface area contributed by atoms with Gasteiger partial charge in [-0.25, -0.2) is 21.6 Å². The molecule has 3 aromatic rings. The fourth-order valence-corrected chi connectivity index (χ4v) is 7.96. The Morgan fingerprint density at radius 1 is 1.09 bits per heavy atom. The van der Waals surface area contributed by atoms with Gasteiger partial charge < -0.3 is 19.9 Å². The number of ether oxygens (including phenoxy) is 2. The van der Waals surface area contributed by atoms with E-state index in [1.807, 2.05) is 16.9 Å². The normalized spacial score (nSPS) is 19.8. The third-order valence-electron chi connectivity index (χ3n) is 8.20. The molecule has 1 aromatic heterocycles. The number of benzene rings is 2. The Morgan fingerprint density at radius 3 is 2.59 bits per heavy atom. The standard InChI is InChI=1S/C30H41N5O7S2/c1-3-12-34-20-24(18-33-34)23-6-4-9-29(15-23)44(39,40)35-13-10-30(11-14-35)17-25(21-42-30)32-19-26(36)22-41-27-7-5-8-28(16-27)43(37,38)31-2/h4-9,15-16,18,20,25-26,31-32,36H,3,10-14,17,19,21-22H2,1-2H3/t25?,26-/m0/s1. The maximum absolute atomic E-state index is 13.6. The first-order valence-electron chi connectivity index (χ1n) is 14.9. The Kier molecular flexibility index (Phi) is 10.1. The lowest BCUT2D eigenvalue weighted by atomic mass is 9.88. The first-order chi connectivity index (χ1) is 21.0. The minimum Gasteiger partial charge on any atom is -0.491 e. The van der Waals surface area contributed by atoms with Crippen molar-refractivity contribution in [3.05, 3.63) is 60.9 Å².